The predicted molar refractivity (Wildman–Crippen MR) is 61.2 cm³/mol. The summed E-state index contributed by atoms with van der Waals surface area (Å²) in [6, 6.07) is 6.11. The maximum atomic E-state index is 11.5. The molecule has 0 aliphatic heterocycles. The van der Waals surface area contributed by atoms with Crippen LogP contribution in [-0.4, -0.2) is 10.6 Å². The molecule has 2 heteroatoms. The van der Waals surface area contributed by atoms with Crippen LogP contribution in [0.1, 0.15) is 34.8 Å². The fourth-order valence-corrected chi connectivity index (χ4v) is 2.64. The predicted octanol–water partition coefficient (Wildman–Crippen LogP) is 3.14. The molecule has 0 bridgehead atoms. The summed E-state index contributed by atoms with van der Waals surface area (Å²) in [5.74, 6) is 0.242. The van der Waals surface area contributed by atoms with Crippen molar-refractivity contribution in [1.29, 1.82) is 0 Å². The largest absolute Gasteiger partial charge is 0.294 e. The number of benzene rings is 1. The molecule has 74 valence electrons. The maximum Gasteiger partial charge on any atom is 0.162 e. The molecule has 0 amide bonds. The van der Waals surface area contributed by atoms with E-state index in [1.54, 1.807) is 0 Å². The molecule has 1 nitrogen and oxygen atoms in total. The third-order valence-electron chi connectivity index (χ3n) is 2.73. The standard InChI is InChI=1S/C12H13BrO/c1-2-12(14)9-4-3-8-6-11(13)7-10(8)5-9/h3-5,11H,2,6-7H2,1H3. The van der Waals surface area contributed by atoms with Gasteiger partial charge in [-0.15, -0.1) is 0 Å². The molecule has 1 aromatic carbocycles. The van der Waals surface area contributed by atoms with Gasteiger partial charge >= 0.3 is 0 Å². The lowest BCUT2D eigenvalue weighted by molar-refractivity contribution is 0.0988. The highest BCUT2D eigenvalue weighted by Crippen LogP contribution is 2.27. The molecule has 2 rings (SSSR count). The van der Waals surface area contributed by atoms with Crippen LogP contribution in [0.25, 0.3) is 0 Å². The molecule has 0 saturated carbocycles. The third-order valence-corrected chi connectivity index (χ3v) is 3.38. The highest BCUT2D eigenvalue weighted by Gasteiger charge is 2.19. The van der Waals surface area contributed by atoms with E-state index in [0.29, 0.717) is 11.2 Å². The highest BCUT2D eigenvalue weighted by atomic mass is 79.9. The summed E-state index contributed by atoms with van der Waals surface area (Å²) < 4.78 is 0. The number of Topliss-reactive ketones (excluding diaryl/α,β-unsaturated/α-hetero) is 1. The minimum absolute atomic E-state index is 0.242. The molecule has 0 N–H and O–H groups in total. The average Bonchev–Trinajstić information content (AvgIpc) is 2.55. The van der Waals surface area contributed by atoms with E-state index >= 15 is 0 Å². The van der Waals surface area contributed by atoms with Crippen LogP contribution in [0.4, 0.5) is 0 Å². The number of ketones is 1. The van der Waals surface area contributed by atoms with Crippen LogP contribution in [0.15, 0.2) is 18.2 Å². The molecule has 1 aromatic rings. The number of carbonyl (C=O) groups is 1. The second-order valence-corrected chi connectivity index (χ2v) is 5.06. The van der Waals surface area contributed by atoms with Crippen LogP contribution in [0.3, 0.4) is 0 Å². The number of hydrogen-bond acceptors (Lipinski definition) is 1. The Balaban J connectivity index is 2.33. The number of halogens is 1. The van der Waals surface area contributed by atoms with Crippen molar-refractivity contribution < 1.29 is 4.79 Å². The van der Waals surface area contributed by atoms with Crippen LogP contribution in [0.2, 0.25) is 0 Å². The second-order valence-electron chi connectivity index (χ2n) is 3.77. The molecule has 1 aliphatic carbocycles. The number of alkyl halides is 1. The molecule has 0 heterocycles. The Morgan fingerprint density at radius 1 is 1.43 bits per heavy atom. The number of fused-ring (bicyclic) bond motifs is 1. The summed E-state index contributed by atoms with van der Waals surface area (Å²) in [5, 5.41) is 0. The Hall–Kier alpha value is -0.630. The first-order chi connectivity index (χ1) is 6.70. The van der Waals surface area contributed by atoms with Crippen LogP contribution in [0.5, 0.6) is 0 Å². The van der Waals surface area contributed by atoms with E-state index in [2.05, 4.69) is 28.1 Å². The zero-order valence-corrected chi connectivity index (χ0v) is 9.80. The summed E-state index contributed by atoms with van der Waals surface area (Å²) in [6.07, 6.45) is 2.74. The lowest BCUT2D eigenvalue weighted by Crippen LogP contribution is -1.97. The molecule has 0 saturated heterocycles. The summed E-state index contributed by atoms with van der Waals surface area (Å²) in [5.41, 5.74) is 3.60. The zero-order valence-electron chi connectivity index (χ0n) is 8.22. The van der Waals surface area contributed by atoms with Crippen molar-refractivity contribution in [3.05, 3.63) is 34.9 Å². The SMILES string of the molecule is CCC(=O)c1ccc2c(c1)CC(Br)C2. The topological polar surface area (TPSA) is 17.1 Å². The summed E-state index contributed by atoms with van der Waals surface area (Å²) in [7, 11) is 0. The van der Waals surface area contributed by atoms with Gasteiger partial charge in [-0.1, -0.05) is 35.0 Å². The van der Waals surface area contributed by atoms with E-state index in [1.807, 2.05) is 13.0 Å². The molecule has 14 heavy (non-hydrogen) atoms. The van der Waals surface area contributed by atoms with Crippen molar-refractivity contribution >= 4 is 21.7 Å². The van der Waals surface area contributed by atoms with Gasteiger partial charge < -0.3 is 0 Å². The van der Waals surface area contributed by atoms with Crippen LogP contribution in [0, 0.1) is 0 Å². The Morgan fingerprint density at radius 3 is 2.86 bits per heavy atom. The molecule has 0 radical (unpaired) electrons. The van der Waals surface area contributed by atoms with Gasteiger partial charge in [0.15, 0.2) is 5.78 Å². The van der Waals surface area contributed by atoms with Crippen molar-refractivity contribution in [2.24, 2.45) is 0 Å². The quantitative estimate of drug-likeness (QED) is 0.584. The van der Waals surface area contributed by atoms with Gasteiger partial charge in [0.25, 0.3) is 0 Å². The van der Waals surface area contributed by atoms with E-state index in [1.165, 1.54) is 11.1 Å². The fraction of sp³-hybridized carbons (Fsp3) is 0.417. The molecule has 0 fully saturated rings. The second kappa shape index (κ2) is 3.85. The molecule has 1 atom stereocenters. The molecule has 1 unspecified atom stereocenters. The van der Waals surface area contributed by atoms with Crippen LogP contribution in [-0.2, 0) is 12.8 Å². The molecule has 0 aromatic heterocycles. The monoisotopic (exact) mass is 252 g/mol. The van der Waals surface area contributed by atoms with Crippen molar-refractivity contribution in [2.75, 3.05) is 0 Å². The van der Waals surface area contributed by atoms with Crippen LogP contribution < -0.4 is 0 Å². The van der Waals surface area contributed by atoms with Gasteiger partial charge in [0, 0.05) is 16.8 Å². The Kier molecular flexibility index (Phi) is 2.73. The van der Waals surface area contributed by atoms with E-state index in [-0.39, 0.29) is 5.78 Å². The van der Waals surface area contributed by atoms with Gasteiger partial charge in [-0.2, -0.15) is 0 Å². The van der Waals surface area contributed by atoms with E-state index in [0.717, 1.165) is 18.4 Å². The Morgan fingerprint density at radius 2 is 2.14 bits per heavy atom. The summed E-state index contributed by atoms with van der Waals surface area (Å²) in [4.78, 5) is 12.0. The highest BCUT2D eigenvalue weighted by molar-refractivity contribution is 9.09. The van der Waals surface area contributed by atoms with Gasteiger partial charge in [0.2, 0.25) is 0 Å². The zero-order chi connectivity index (χ0) is 10.1. The smallest absolute Gasteiger partial charge is 0.162 e. The van der Waals surface area contributed by atoms with Gasteiger partial charge in [-0.05, 0) is 30.0 Å². The first-order valence-electron chi connectivity index (χ1n) is 4.99. The van der Waals surface area contributed by atoms with Crippen molar-refractivity contribution in [1.82, 2.24) is 0 Å². The molecular weight excluding hydrogens is 240 g/mol. The van der Waals surface area contributed by atoms with Gasteiger partial charge in [0.1, 0.15) is 0 Å². The third kappa shape index (κ3) is 1.76. The Labute approximate surface area is 92.6 Å². The van der Waals surface area contributed by atoms with Crippen molar-refractivity contribution in [3.63, 3.8) is 0 Å². The number of hydrogen-bond donors (Lipinski definition) is 0. The van der Waals surface area contributed by atoms with Crippen LogP contribution >= 0.6 is 15.9 Å². The van der Waals surface area contributed by atoms with Gasteiger partial charge in [0.05, 0.1) is 0 Å². The van der Waals surface area contributed by atoms with E-state index in [4.69, 9.17) is 0 Å². The average molecular weight is 253 g/mol. The number of carbonyl (C=O) groups excluding carboxylic acids is 1. The Bertz CT molecular complexity index is 371. The van der Waals surface area contributed by atoms with E-state index < -0.39 is 0 Å². The maximum absolute atomic E-state index is 11.5. The first kappa shape index (κ1) is 9.91. The normalized spacial score (nSPS) is 19.4. The van der Waals surface area contributed by atoms with Crippen molar-refractivity contribution in [2.45, 2.75) is 31.0 Å². The van der Waals surface area contributed by atoms with E-state index in [9.17, 15) is 4.79 Å². The lowest BCUT2D eigenvalue weighted by Gasteiger charge is -2.01. The van der Waals surface area contributed by atoms with Gasteiger partial charge in [-0.3, -0.25) is 4.79 Å². The number of rotatable bonds is 2. The molecule has 0 spiro atoms. The minimum Gasteiger partial charge on any atom is -0.294 e. The first-order valence-corrected chi connectivity index (χ1v) is 5.91. The van der Waals surface area contributed by atoms with Gasteiger partial charge in [-0.25, -0.2) is 0 Å². The fourth-order valence-electron chi connectivity index (χ4n) is 1.94. The summed E-state index contributed by atoms with van der Waals surface area (Å²) in [6.45, 7) is 1.91. The lowest BCUT2D eigenvalue weighted by atomic mass is 10.0. The summed E-state index contributed by atoms with van der Waals surface area (Å²) >= 11 is 3.61. The minimum atomic E-state index is 0.242. The molecule has 1 aliphatic rings. The van der Waals surface area contributed by atoms with Crippen molar-refractivity contribution in [3.8, 4) is 0 Å². The molecular formula is C12H13BrO.